The maximum atomic E-state index is 12.6. The fourth-order valence-electron chi connectivity index (χ4n) is 2.41. The van der Waals surface area contributed by atoms with E-state index in [2.05, 4.69) is 9.97 Å². The molecule has 2 aromatic rings. The molecule has 0 bridgehead atoms. The molecule has 1 aromatic carbocycles. The van der Waals surface area contributed by atoms with E-state index in [0.717, 1.165) is 11.4 Å². The van der Waals surface area contributed by atoms with E-state index in [9.17, 15) is 4.79 Å². The molecule has 1 aliphatic heterocycles. The Kier molecular flexibility index (Phi) is 4.29. The summed E-state index contributed by atoms with van der Waals surface area (Å²) in [5.41, 5.74) is 1.38. The second-order valence-corrected chi connectivity index (χ2v) is 4.97. The lowest BCUT2D eigenvalue weighted by Crippen LogP contribution is -2.42. The number of nitrogens with zero attached hydrogens (tertiary/aromatic N) is 3. The molecule has 1 saturated heterocycles. The molecule has 6 nitrogen and oxygen atoms in total. The van der Waals surface area contributed by atoms with Gasteiger partial charge in [-0.05, 0) is 24.3 Å². The molecule has 0 spiro atoms. The molecule has 3 rings (SSSR count). The minimum absolute atomic E-state index is 0.0140. The van der Waals surface area contributed by atoms with Gasteiger partial charge in [0.15, 0.2) is 0 Å². The number of benzene rings is 1. The van der Waals surface area contributed by atoms with Gasteiger partial charge < -0.3 is 14.4 Å². The molecule has 0 radical (unpaired) electrons. The first-order chi connectivity index (χ1) is 10.8. The number of aromatic nitrogens is 2. The Morgan fingerprint density at radius 3 is 2.82 bits per heavy atom. The number of rotatable bonds is 3. The molecule has 6 heteroatoms. The van der Waals surface area contributed by atoms with E-state index in [1.54, 1.807) is 54.9 Å². The molecular formula is C16H17N3O3. The van der Waals surface area contributed by atoms with E-state index in [4.69, 9.17) is 9.47 Å². The SMILES string of the molecule is COc1ccc(C(=O)N2CCOC(c3cnccn3)C2)cc1. The van der Waals surface area contributed by atoms with Crippen LogP contribution in [0.2, 0.25) is 0 Å². The van der Waals surface area contributed by atoms with Crippen LogP contribution in [0.15, 0.2) is 42.9 Å². The summed E-state index contributed by atoms with van der Waals surface area (Å²) < 4.78 is 10.8. The van der Waals surface area contributed by atoms with Crippen molar-refractivity contribution < 1.29 is 14.3 Å². The van der Waals surface area contributed by atoms with Crippen LogP contribution in [0.5, 0.6) is 5.75 Å². The van der Waals surface area contributed by atoms with Crippen LogP contribution in [0.25, 0.3) is 0 Å². The molecule has 2 heterocycles. The van der Waals surface area contributed by atoms with Gasteiger partial charge in [0.05, 0.1) is 32.2 Å². The molecule has 114 valence electrons. The summed E-state index contributed by atoms with van der Waals surface area (Å²) in [6.07, 6.45) is 4.69. The van der Waals surface area contributed by atoms with Gasteiger partial charge in [0.25, 0.3) is 5.91 Å². The molecule has 22 heavy (non-hydrogen) atoms. The Balaban J connectivity index is 1.72. The number of hydrogen-bond acceptors (Lipinski definition) is 5. The molecule has 1 amide bonds. The van der Waals surface area contributed by atoms with Crippen molar-refractivity contribution in [3.8, 4) is 5.75 Å². The zero-order valence-corrected chi connectivity index (χ0v) is 12.3. The van der Waals surface area contributed by atoms with Crippen LogP contribution >= 0.6 is 0 Å². The van der Waals surface area contributed by atoms with E-state index < -0.39 is 0 Å². The second kappa shape index (κ2) is 6.53. The first-order valence-corrected chi connectivity index (χ1v) is 7.09. The standard InChI is InChI=1S/C16H17N3O3/c1-21-13-4-2-12(3-5-13)16(20)19-8-9-22-15(11-19)14-10-17-6-7-18-14/h2-7,10,15H,8-9,11H2,1H3. The second-order valence-electron chi connectivity index (χ2n) is 4.97. The van der Waals surface area contributed by atoms with Crippen LogP contribution in [0.4, 0.5) is 0 Å². The Morgan fingerprint density at radius 2 is 2.14 bits per heavy atom. The lowest BCUT2D eigenvalue weighted by Gasteiger charge is -2.32. The van der Waals surface area contributed by atoms with Crippen LogP contribution in [0, 0.1) is 0 Å². The van der Waals surface area contributed by atoms with Crippen LogP contribution < -0.4 is 4.74 Å². The van der Waals surface area contributed by atoms with Gasteiger partial charge in [-0.1, -0.05) is 0 Å². The highest BCUT2D eigenvalue weighted by atomic mass is 16.5. The predicted octanol–water partition coefficient (Wildman–Crippen LogP) is 1.70. The van der Waals surface area contributed by atoms with Gasteiger partial charge in [0.2, 0.25) is 0 Å². The topological polar surface area (TPSA) is 64.5 Å². The van der Waals surface area contributed by atoms with Gasteiger partial charge in [-0.15, -0.1) is 0 Å². The largest absolute Gasteiger partial charge is 0.497 e. The number of morpholine rings is 1. The van der Waals surface area contributed by atoms with Crippen molar-refractivity contribution in [3.63, 3.8) is 0 Å². The molecule has 1 unspecified atom stereocenters. The third-order valence-corrected chi connectivity index (χ3v) is 3.60. The van der Waals surface area contributed by atoms with Gasteiger partial charge in [0.1, 0.15) is 11.9 Å². The number of methoxy groups -OCH3 is 1. The average Bonchev–Trinajstić information content (AvgIpc) is 2.62. The van der Waals surface area contributed by atoms with Crippen molar-refractivity contribution in [2.45, 2.75) is 6.10 Å². The third kappa shape index (κ3) is 3.07. The minimum Gasteiger partial charge on any atom is -0.497 e. The Morgan fingerprint density at radius 1 is 1.32 bits per heavy atom. The van der Waals surface area contributed by atoms with Crippen LogP contribution in [0.1, 0.15) is 22.2 Å². The summed E-state index contributed by atoms with van der Waals surface area (Å²) >= 11 is 0. The first-order valence-electron chi connectivity index (χ1n) is 7.09. The van der Waals surface area contributed by atoms with Crippen LogP contribution in [-0.4, -0.2) is 47.6 Å². The molecule has 1 aliphatic rings. The van der Waals surface area contributed by atoms with E-state index in [1.807, 2.05) is 0 Å². The molecule has 1 fully saturated rings. The molecule has 1 atom stereocenters. The highest BCUT2D eigenvalue weighted by Gasteiger charge is 2.27. The number of carbonyl (C=O) groups excluding carboxylic acids is 1. The van der Waals surface area contributed by atoms with E-state index >= 15 is 0 Å². The lowest BCUT2D eigenvalue weighted by molar-refractivity contribution is -0.0249. The van der Waals surface area contributed by atoms with Gasteiger partial charge in [-0.25, -0.2) is 0 Å². The highest BCUT2D eigenvalue weighted by Crippen LogP contribution is 2.21. The Hall–Kier alpha value is -2.47. The van der Waals surface area contributed by atoms with Crippen molar-refractivity contribution in [2.75, 3.05) is 26.8 Å². The number of carbonyl (C=O) groups is 1. The maximum absolute atomic E-state index is 12.6. The van der Waals surface area contributed by atoms with Crippen molar-refractivity contribution in [1.29, 1.82) is 0 Å². The molecule has 0 aliphatic carbocycles. The van der Waals surface area contributed by atoms with E-state index in [1.165, 1.54) is 0 Å². The van der Waals surface area contributed by atoms with Crippen molar-refractivity contribution in [3.05, 3.63) is 54.1 Å². The van der Waals surface area contributed by atoms with Crippen molar-refractivity contribution in [1.82, 2.24) is 14.9 Å². The van der Waals surface area contributed by atoms with E-state index in [0.29, 0.717) is 25.3 Å². The summed E-state index contributed by atoms with van der Waals surface area (Å²) in [6, 6.07) is 7.11. The molecule has 0 saturated carbocycles. The Labute approximate surface area is 128 Å². The van der Waals surface area contributed by atoms with Crippen LogP contribution in [-0.2, 0) is 4.74 Å². The molecule has 0 N–H and O–H groups in total. The van der Waals surface area contributed by atoms with Gasteiger partial charge in [-0.2, -0.15) is 0 Å². The van der Waals surface area contributed by atoms with Crippen LogP contribution in [0.3, 0.4) is 0 Å². The van der Waals surface area contributed by atoms with E-state index in [-0.39, 0.29) is 12.0 Å². The van der Waals surface area contributed by atoms with Crippen molar-refractivity contribution >= 4 is 5.91 Å². The maximum Gasteiger partial charge on any atom is 0.254 e. The summed E-state index contributed by atoms with van der Waals surface area (Å²) in [6.45, 7) is 1.54. The molecular weight excluding hydrogens is 282 g/mol. The summed E-state index contributed by atoms with van der Waals surface area (Å²) in [5.74, 6) is 0.718. The zero-order chi connectivity index (χ0) is 15.4. The number of ether oxygens (including phenoxy) is 2. The molecule has 1 aromatic heterocycles. The fourth-order valence-corrected chi connectivity index (χ4v) is 2.41. The Bertz CT molecular complexity index is 631. The summed E-state index contributed by atoms with van der Waals surface area (Å²) in [4.78, 5) is 22.6. The normalized spacial score (nSPS) is 18.0. The average molecular weight is 299 g/mol. The fraction of sp³-hybridized carbons (Fsp3) is 0.312. The van der Waals surface area contributed by atoms with Gasteiger partial charge >= 0.3 is 0 Å². The van der Waals surface area contributed by atoms with Gasteiger partial charge in [-0.3, -0.25) is 14.8 Å². The third-order valence-electron chi connectivity index (χ3n) is 3.60. The highest BCUT2D eigenvalue weighted by molar-refractivity contribution is 5.94. The number of amides is 1. The monoisotopic (exact) mass is 299 g/mol. The smallest absolute Gasteiger partial charge is 0.254 e. The quantitative estimate of drug-likeness (QED) is 0.863. The summed E-state index contributed by atoms with van der Waals surface area (Å²) in [5, 5.41) is 0. The van der Waals surface area contributed by atoms with Crippen molar-refractivity contribution in [2.24, 2.45) is 0 Å². The first kappa shape index (κ1) is 14.5. The lowest BCUT2D eigenvalue weighted by atomic mass is 10.1. The zero-order valence-electron chi connectivity index (χ0n) is 12.3. The summed E-state index contributed by atoms with van der Waals surface area (Å²) in [7, 11) is 1.60. The predicted molar refractivity (Wildman–Crippen MR) is 79.6 cm³/mol. The number of hydrogen-bond donors (Lipinski definition) is 0. The van der Waals surface area contributed by atoms with Gasteiger partial charge in [0, 0.05) is 24.5 Å². The minimum atomic E-state index is -0.232.